The summed E-state index contributed by atoms with van der Waals surface area (Å²) < 4.78 is 101. The summed E-state index contributed by atoms with van der Waals surface area (Å²) in [5.41, 5.74) is -0.599. The van der Waals surface area contributed by atoms with Gasteiger partial charge in [0.25, 0.3) is 0 Å². The van der Waals surface area contributed by atoms with Crippen molar-refractivity contribution in [1.29, 1.82) is 0 Å². The highest BCUT2D eigenvalue weighted by Gasteiger charge is 2.47. The van der Waals surface area contributed by atoms with E-state index in [0.717, 1.165) is 18.2 Å². The van der Waals surface area contributed by atoms with Gasteiger partial charge in [-0.3, -0.25) is 4.79 Å². The summed E-state index contributed by atoms with van der Waals surface area (Å²) in [5, 5.41) is 2.48. The zero-order valence-electron chi connectivity index (χ0n) is 15.6. The van der Waals surface area contributed by atoms with Crippen molar-refractivity contribution < 1.29 is 39.6 Å². The van der Waals surface area contributed by atoms with Gasteiger partial charge in [0.2, 0.25) is 15.9 Å². The molecule has 1 aliphatic carbocycles. The Morgan fingerprint density at radius 3 is 2.16 bits per heavy atom. The van der Waals surface area contributed by atoms with E-state index in [1.165, 1.54) is 35.1 Å². The molecule has 2 unspecified atom stereocenters. The summed E-state index contributed by atoms with van der Waals surface area (Å²) in [6.07, 6.45) is -9.03. The van der Waals surface area contributed by atoms with Gasteiger partial charge in [-0.25, -0.2) is 13.1 Å². The van der Waals surface area contributed by atoms with Crippen molar-refractivity contribution in [3.05, 3.63) is 59.7 Å². The van der Waals surface area contributed by atoms with Crippen molar-refractivity contribution in [1.82, 2.24) is 4.72 Å². The van der Waals surface area contributed by atoms with E-state index in [4.69, 9.17) is 0 Å². The van der Waals surface area contributed by atoms with Crippen LogP contribution in [-0.2, 0) is 21.0 Å². The molecule has 2 N–H and O–H groups in total. The second-order valence-electron chi connectivity index (χ2n) is 6.99. The number of amides is 1. The first-order valence-corrected chi connectivity index (χ1v) is 10.4. The molecule has 168 valence electrons. The molecule has 12 heteroatoms. The number of anilines is 1. The second kappa shape index (κ2) is 8.15. The number of alkyl halides is 6. The first kappa shape index (κ1) is 23.1. The van der Waals surface area contributed by atoms with Gasteiger partial charge in [-0.05, 0) is 48.2 Å². The summed E-state index contributed by atoms with van der Waals surface area (Å²) in [5.74, 6) is -1.81. The van der Waals surface area contributed by atoms with E-state index >= 15 is 0 Å². The van der Waals surface area contributed by atoms with E-state index in [1.54, 1.807) is 0 Å². The van der Waals surface area contributed by atoms with Crippen LogP contribution >= 0.6 is 0 Å². The standard InChI is InChI=1S/C19H16F6N2O3S/c20-18(21,22)10-26-31(29,30)12-7-5-11(6-8-12)27-17(28)15-9-14(15)13-3-1-2-4-16(13)19(23,24)25/h1-8,14-15,26H,9-10H2,(H,27,28). The van der Waals surface area contributed by atoms with Crippen LogP contribution in [0.3, 0.4) is 0 Å². The fraction of sp³-hybridized carbons (Fsp3) is 0.316. The van der Waals surface area contributed by atoms with Gasteiger partial charge in [0.05, 0.1) is 10.5 Å². The number of rotatable bonds is 6. The van der Waals surface area contributed by atoms with Gasteiger partial charge in [-0.2, -0.15) is 26.3 Å². The lowest BCUT2D eigenvalue weighted by Gasteiger charge is -2.12. The highest BCUT2D eigenvalue weighted by molar-refractivity contribution is 7.89. The largest absolute Gasteiger partial charge is 0.416 e. The van der Waals surface area contributed by atoms with E-state index in [9.17, 15) is 39.6 Å². The molecule has 3 rings (SSSR count). The Labute approximate surface area is 173 Å². The molecule has 1 saturated carbocycles. The summed E-state index contributed by atoms with van der Waals surface area (Å²) in [6.45, 7) is -1.73. The normalized spacial score (nSPS) is 19.2. The molecule has 2 aromatic rings. The van der Waals surface area contributed by atoms with Crippen LogP contribution in [0.15, 0.2) is 53.4 Å². The Kier molecular flexibility index (Phi) is 6.07. The molecule has 0 aromatic heterocycles. The lowest BCUT2D eigenvalue weighted by Crippen LogP contribution is -2.33. The molecule has 0 spiro atoms. The van der Waals surface area contributed by atoms with E-state index in [1.807, 2.05) is 0 Å². The lowest BCUT2D eigenvalue weighted by molar-refractivity contribution is -0.138. The third kappa shape index (κ3) is 5.76. The van der Waals surface area contributed by atoms with Gasteiger partial charge in [0.15, 0.2) is 0 Å². The molecule has 0 bridgehead atoms. The van der Waals surface area contributed by atoms with Gasteiger partial charge < -0.3 is 5.32 Å². The number of halogens is 6. The molecule has 1 aliphatic rings. The van der Waals surface area contributed by atoms with Crippen LogP contribution in [0, 0.1) is 5.92 Å². The average molecular weight is 466 g/mol. The van der Waals surface area contributed by atoms with E-state index in [-0.39, 0.29) is 17.7 Å². The Bertz CT molecular complexity index is 1070. The van der Waals surface area contributed by atoms with Crippen LogP contribution in [0.5, 0.6) is 0 Å². The molecule has 2 aromatic carbocycles. The van der Waals surface area contributed by atoms with Crippen LogP contribution in [-0.4, -0.2) is 27.0 Å². The predicted octanol–water partition coefficient (Wildman–Crippen LogP) is 4.29. The summed E-state index contributed by atoms with van der Waals surface area (Å²) in [6, 6.07) is 9.40. The molecule has 0 saturated heterocycles. The van der Waals surface area contributed by atoms with E-state index < -0.39 is 57.1 Å². The number of hydrogen-bond donors (Lipinski definition) is 2. The van der Waals surface area contributed by atoms with Crippen molar-refractivity contribution in [2.75, 3.05) is 11.9 Å². The van der Waals surface area contributed by atoms with Crippen LogP contribution < -0.4 is 10.0 Å². The fourth-order valence-corrected chi connectivity index (χ4v) is 4.13. The number of carbonyl (C=O) groups is 1. The van der Waals surface area contributed by atoms with Gasteiger partial charge >= 0.3 is 12.4 Å². The molecular weight excluding hydrogens is 450 g/mol. The van der Waals surface area contributed by atoms with Gasteiger partial charge in [0, 0.05) is 11.6 Å². The molecular formula is C19H16F6N2O3S. The van der Waals surface area contributed by atoms with Crippen LogP contribution in [0.25, 0.3) is 0 Å². The summed E-state index contributed by atoms with van der Waals surface area (Å²) in [7, 11) is -4.40. The molecule has 1 amide bonds. The Hall–Kier alpha value is -2.60. The molecule has 0 aliphatic heterocycles. The van der Waals surface area contributed by atoms with Crippen molar-refractivity contribution in [3.63, 3.8) is 0 Å². The zero-order valence-corrected chi connectivity index (χ0v) is 16.4. The molecule has 31 heavy (non-hydrogen) atoms. The second-order valence-corrected chi connectivity index (χ2v) is 8.75. The summed E-state index contributed by atoms with van der Waals surface area (Å²) in [4.78, 5) is 11.9. The highest BCUT2D eigenvalue weighted by Crippen LogP contribution is 2.51. The molecule has 0 radical (unpaired) electrons. The maximum atomic E-state index is 13.1. The smallest absolute Gasteiger partial charge is 0.326 e. The van der Waals surface area contributed by atoms with Gasteiger partial charge in [-0.1, -0.05) is 18.2 Å². The minimum Gasteiger partial charge on any atom is -0.326 e. The summed E-state index contributed by atoms with van der Waals surface area (Å²) >= 11 is 0. The highest BCUT2D eigenvalue weighted by atomic mass is 32.2. The van der Waals surface area contributed by atoms with E-state index in [0.29, 0.717) is 0 Å². The number of sulfonamides is 1. The predicted molar refractivity (Wildman–Crippen MR) is 98.6 cm³/mol. The zero-order chi connectivity index (χ0) is 23.0. The first-order chi connectivity index (χ1) is 14.3. The Morgan fingerprint density at radius 1 is 0.968 bits per heavy atom. The number of nitrogens with one attached hydrogen (secondary N) is 2. The molecule has 0 heterocycles. The van der Waals surface area contributed by atoms with Crippen molar-refractivity contribution in [2.45, 2.75) is 29.6 Å². The Morgan fingerprint density at radius 2 is 1.58 bits per heavy atom. The third-order valence-corrected chi connectivity index (χ3v) is 6.10. The number of benzene rings is 2. The molecule has 2 atom stereocenters. The van der Waals surface area contributed by atoms with Crippen molar-refractivity contribution >= 4 is 21.6 Å². The maximum Gasteiger partial charge on any atom is 0.416 e. The van der Waals surface area contributed by atoms with Crippen LogP contribution in [0.2, 0.25) is 0 Å². The third-order valence-electron chi connectivity index (χ3n) is 4.69. The Balaban J connectivity index is 1.64. The van der Waals surface area contributed by atoms with Crippen molar-refractivity contribution in [2.24, 2.45) is 5.92 Å². The van der Waals surface area contributed by atoms with Gasteiger partial charge in [-0.15, -0.1) is 0 Å². The minimum atomic E-state index is -4.72. The van der Waals surface area contributed by atoms with Crippen LogP contribution in [0.4, 0.5) is 32.0 Å². The van der Waals surface area contributed by atoms with E-state index in [2.05, 4.69) is 5.32 Å². The first-order valence-electron chi connectivity index (χ1n) is 8.91. The fourth-order valence-electron chi connectivity index (χ4n) is 3.12. The number of carbonyl (C=O) groups excluding carboxylic acids is 1. The molecule has 1 fully saturated rings. The SMILES string of the molecule is O=C(Nc1ccc(S(=O)(=O)NCC(F)(F)F)cc1)C1CC1c1ccccc1C(F)(F)F. The van der Waals surface area contributed by atoms with Crippen molar-refractivity contribution in [3.8, 4) is 0 Å². The average Bonchev–Trinajstić information content (AvgIpc) is 3.47. The number of hydrogen-bond acceptors (Lipinski definition) is 3. The quantitative estimate of drug-likeness (QED) is 0.624. The van der Waals surface area contributed by atoms with Crippen LogP contribution in [0.1, 0.15) is 23.5 Å². The van der Waals surface area contributed by atoms with Gasteiger partial charge in [0.1, 0.15) is 6.54 Å². The monoisotopic (exact) mass is 466 g/mol. The lowest BCUT2D eigenvalue weighted by atomic mass is 10.0. The minimum absolute atomic E-state index is 0.0346. The topological polar surface area (TPSA) is 75.3 Å². The molecule has 5 nitrogen and oxygen atoms in total. The maximum absolute atomic E-state index is 13.1.